The molecular weight excluding hydrogens is 276 g/mol. The van der Waals surface area contributed by atoms with E-state index in [-0.39, 0.29) is 24.9 Å². The van der Waals surface area contributed by atoms with Crippen LogP contribution in [-0.4, -0.2) is 19.1 Å². The zero-order valence-corrected chi connectivity index (χ0v) is 12.7. The molecule has 0 fully saturated rings. The second kappa shape index (κ2) is 8.95. The Bertz CT molecular complexity index is 438. The van der Waals surface area contributed by atoms with E-state index in [2.05, 4.69) is 35.8 Å². The Hall–Kier alpha value is -1.10. The number of halogens is 1. The smallest absolute Gasteiger partial charge is 0.246 e. The summed E-state index contributed by atoms with van der Waals surface area (Å²) in [5.41, 5.74) is 3.84. The van der Waals surface area contributed by atoms with Gasteiger partial charge in [0.1, 0.15) is 6.61 Å². The van der Waals surface area contributed by atoms with Crippen LogP contribution in [0.1, 0.15) is 36.5 Å². The van der Waals surface area contributed by atoms with E-state index >= 15 is 0 Å². The van der Waals surface area contributed by atoms with Crippen LogP contribution in [0, 0.1) is 0 Å². The summed E-state index contributed by atoms with van der Waals surface area (Å²) < 4.78 is 5.28. The van der Waals surface area contributed by atoms with E-state index in [9.17, 15) is 4.79 Å². The topological polar surface area (TPSA) is 50.4 Å². The van der Waals surface area contributed by atoms with Crippen molar-refractivity contribution >= 4 is 18.3 Å². The Morgan fingerprint density at radius 1 is 1.35 bits per heavy atom. The molecule has 1 aromatic rings. The lowest BCUT2D eigenvalue weighted by Gasteiger charge is -2.07. The number of unbranched alkanes of at least 4 members (excludes halogenated alkanes) is 1. The molecule has 0 saturated carbocycles. The largest absolute Gasteiger partial charge is 0.372 e. The average molecular weight is 299 g/mol. The first-order valence-corrected chi connectivity index (χ1v) is 6.95. The standard InChI is InChI=1S/C15H22N2O2.ClH/c1-2-3-6-19-11-15(18)17-8-12-4-5-13-9-16-10-14(13)7-12;/h4-5,7,16H,2-3,6,8-11H2,1H3,(H,17,18);1H. The third-order valence-corrected chi connectivity index (χ3v) is 3.27. The van der Waals surface area contributed by atoms with E-state index < -0.39 is 0 Å². The van der Waals surface area contributed by atoms with Gasteiger partial charge in [-0.1, -0.05) is 31.5 Å². The van der Waals surface area contributed by atoms with Gasteiger partial charge in [0.05, 0.1) is 0 Å². The van der Waals surface area contributed by atoms with Crippen molar-refractivity contribution in [1.82, 2.24) is 10.6 Å². The van der Waals surface area contributed by atoms with Gasteiger partial charge in [0.25, 0.3) is 0 Å². The maximum Gasteiger partial charge on any atom is 0.246 e. The minimum atomic E-state index is -0.0465. The van der Waals surface area contributed by atoms with E-state index in [0.29, 0.717) is 13.2 Å². The van der Waals surface area contributed by atoms with Crippen LogP contribution in [0.4, 0.5) is 0 Å². The van der Waals surface area contributed by atoms with Crippen molar-refractivity contribution in [2.24, 2.45) is 0 Å². The molecule has 1 aliphatic rings. The van der Waals surface area contributed by atoms with Crippen molar-refractivity contribution in [2.45, 2.75) is 39.4 Å². The summed E-state index contributed by atoms with van der Waals surface area (Å²) in [5.74, 6) is -0.0465. The van der Waals surface area contributed by atoms with Crippen molar-refractivity contribution in [3.63, 3.8) is 0 Å². The minimum absolute atomic E-state index is 0. The Labute approximate surface area is 126 Å². The molecule has 112 valence electrons. The van der Waals surface area contributed by atoms with E-state index in [1.54, 1.807) is 0 Å². The highest BCUT2D eigenvalue weighted by molar-refractivity contribution is 5.85. The fourth-order valence-corrected chi connectivity index (χ4v) is 2.12. The molecule has 5 heteroatoms. The molecule has 0 aliphatic carbocycles. The van der Waals surface area contributed by atoms with Gasteiger partial charge in [0.15, 0.2) is 0 Å². The maximum atomic E-state index is 11.6. The molecule has 2 rings (SSSR count). The normalized spacial score (nSPS) is 12.7. The predicted molar refractivity (Wildman–Crippen MR) is 81.8 cm³/mol. The average Bonchev–Trinajstić information content (AvgIpc) is 2.89. The summed E-state index contributed by atoms with van der Waals surface area (Å²) in [5, 5.41) is 6.19. The molecule has 0 radical (unpaired) electrons. The number of amides is 1. The second-order valence-corrected chi connectivity index (χ2v) is 4.89. The second-order valence-electron chi connectivity index (χ2n) is 4.89. The predicted octanol–water partition coefficient (Wildman–Crippen LogP) is 2.14. The van der Waals surface area contributed by atoms with Gasteiger partial charge in [-0.15, -0.1) is 12.4 Å². The van der Waals surface area contributed by atoms with Crippen molar-refractivity contribution in [1.29, 1.82) is 0 Å². The molecule has 0 aromatic heterocycles. The van der Waals surface area contributed by atoms with Gasteiger partial charge in [0, 0.05) is 26.2 Å². The van der Waals surface area contributed by atoms with Crippen LogP contribution in [0.25, 0.3) is 0 Å². The third kappa shape index (κ3) is 5.12. The molecule has 0 saturated heterocycles. The van der Waals surface area contributed by atoms with Crippen molar-refractivity contribution in [2.75, 3.05) is 13.2 Å². The molecule has 0 atom stereocenters. The highest BCUT2D eigenvalue weighted by atomic mass is 35.5. The minimum Gasteiger partial charge on any atom is -0.372 e. The summed E-state index contributed by atoms with van der Waals surface area (Å²) in [7, 11) is 0. The lowest BCUT2D eigenvalue weighted by molar-refractivity contribution is -0.125. The maximum absolute atomic E-state index is 11.6. The molecule has 1 amide bonds. The highest BCUT2D eigenvalue weighted by Crippen LogP contribution is 2.16. The van der Waals surface area contributed by atoms with Gasteiger partial charge >= 0.3 is 0 Å². The number of nitrogens with one attached hydrogen (secondary N) is 2. The molecule has 0 bridgehead atoms. The van der Waals surface area contributed by atoms with Gasteiger partial charge in [-0.2, -0.15) is 0 Å². The van der Waals surface area contributed by atoms with Crippen molar-refractivity contribution in [3.8, 4) is 0 Å². The van der Waals surface area contributed by atoms with E-state index in [0.717, 1.165) is 31.5 Å². The molecule has 0 unspecified atom stereocenters. The lowest BCUT2D eigenvalue weighted by Crippen LogP contribution is -2.27. The summed E-state index contributed by atoms with van der Waals surface area (Å²) in [4.78, 5) is 11.6. The summed E-state index contributed by atoms with van der Waals surface area (Å²) >= 11 is 0. The van der Waals surface area contributed by atoms with Crippen LogP contribution in [-0.2, 0) is 29.2 Å². The molecular formula is C15H23ClN2O2. The lowest BCUT2D eigenvalue weighted by atomic mass is 10.1. The number of carbonyl (C=O) groups excluding carboxylic acids is 1. The van der Waals surface area contributed by atoms with Crippen LogP contribution in [0.15, 0.2) is 18.2 Å². The number of rotatable bonds is 7. The molecule has 1 aliphatic heterocycles. The van der Waals surface area contributed by atoms with Gasteiger partial charge in [-0.25, -0.2) is 0 Å². The Balaban J connectivity index is 0.00000200. The fourth-order valence-electron chi connectivity index (χ4n) is 2.12. The zero-order valence-electron chi connectivity index (χ0n) is 11.9. The number of carbonyl (C=O) groups is 1. The Morgan fingerprint density at radius 3 is 2.95 bits per heavy atom. The molecule has 1 heterocycles. The summed E-state index contributed by atoms with van der Waals surface area (Å²) in [6.07, 6.45) is 2.09. The first-order valence-electron chi connectivity index (χ1n) is 6.95. The van der Waals surface area contributed by atoms with Gasteiger partial charge in [0.2, 0.25) is 5.91 Å². The molecule has 4 nitrogen and oxygen atoms in total. The van der Waals surface area contributed by atoms with E-state index in [4.69, 9.17) is 4.74 Å². The van der Waals surface area contributed by atoms with Crippen LogP contribution in [0.2, 0.25) is 0 Å². The zero-order chi connectivity index (χ0) is 13.5. The summed E-state index contributed by atoms with van der Waals surface area (Å²) in [6, 6.07) is 6.37. The molecule has 1 aromatic carbocycles. The number of benzene rings is 1. The van der Waals surface area contributed by atoms with Crippen LogP contribution in [0.3, 0.4) is 0 Å². The van der Waals surface area contributed by atoms with Crippen molar-refractivity contribution in [3.05, 3.63) is 34.9 Å². The van der Waals surface area contributed by atoms with E-state index in [1.165, 1.54) is 11.1 Å². The van der Waals surface area contributed by atoms with E-state index in [1.807, 2.05) is 0 Å². The van der Waals surface area contributed by atoms with Crippen LogP contribution in [0.5, 0.6) is 0 Å². The number of hydrogen-bond acceptors (Lipinski definition) is 3. The quantitative estimate of drug-likeness (QED) is 0.758. The highest BCUT2D eigenvalue weighted by Gasteiger charge is 2.10. The summed E-state index contributed by atoms with van der Waals surface area (Å²) in [6.45, 7) is 5.38. The third-order valence-electron chi connectivity index (χ3n) is 3.27. The number of ether oxygens (including phenoxy) is 1. The monoisotopic (exact) mass is 298 g/mol. The van der Waals surface area contributed by atoms with Gasteiger partial charge in [-0.05, 0) is 23.1 Å². The molecule has 20 heavy (non-hydrogen) atoms. The Morgan fingerprint density at radius 2 is 2.15 bits per heavy atom. The van der Waals surface area contributed by atoms with Crippen LogP contribution >= 0.6 is 12.4 Å². The SMILES string of the molecule is CCCCOCC(=O)NCc1ccc2c(c1)CNC2.Cl. The first-order chi connectivity index (χ1) is 9.29. The van der Waals surface area contributed by atoms with Gasteiger partial charge in [-0.3, -0.25) is 4.79 Å². The Kier molecular flexibility index (Phi) is 7.59. The fraction of sp³-hybridized carbons (Fsp3) is 0.533. The first kappa shape index (κ1) is 17.0. The molecule has 0 spiro atoms. The van der Waals surface area contributed by atoms with Crippen molar-refractivity contribution < 1.29 is 9.53 Å². The number of fused-ring (bicyclic) bond motifs is 1. The van der Waals surface area contributed by atoms with Crippen LogP contribution < -0.4 is 10.6 Å². The molecule has 2 N–H and O–H groups in total. The number of hydrogen-bond donors (Lipinski definition) is 2. The van der Waals surface area contributed by atoms with Gasteiger partial charge < -0.3 is 15.4 Å².